The molecule has 0 aliphatic rings. The molecule has 0 spiro atoms. The van der Waals surface area contributed by atoms with Gasteiger partial charge in [-0.05, 0) is 57.0 Å². The monoisotopic (exact) mass is 369 g/mol. The van der Waals surface area contributed by atoms with Gasteiger partial charge >= 0.3 is 0 Å². The topological polar surface area (TPSA) is 32.3 Å². The van der Waals surface area contributed by atoms with Crippen molar-refractivity contribution in [2.45, 2.75) is 13.0 Å². The van der Waals surface area contributed by atoms with Crippen LogP contribution in [0.1, 0.15) is 18.5 Å². The Kier molecular flexibility index (Phi) is 4.30. The first-order chi connectivity index (χ1) is 8.59. The lowest BCUT2D eigenvalue weighted by molar-refractivity contribution is 0.465. The predicted octanol–water partition coefficient (Wildman–Crippen LogP) is 5.09. The van der Waals surface area contributed by atoms with Crippen LogP contribution in [0, 0.1) is 0 Å². The fraction of sp³-hybridized carbons (Fsp3) is 0.143. The lowest BCUT2D eigenvalue weighted by Crippen LogP contribution is -2.07. The van der Waals surface area contributed by atoms with Crippen LogP contribution < -0.4 is 5.32 Å². The molecule has 1 unspecified atom stereocenters. The van der Waals surface area contributed by atoms with Gasteiger partial charge in [0.2, 0.25) is 0 Å². The summed E-state index contributed by atoms with van der Waals surface area (Å²) < 4.78 is 1.97. The SMILES string of the molecule is CC(Nc1c(Br)cccc1Br)c1ccccc1O. The van der Waals surface area contributed by atoms with Crippen molar-refractivity contribution in [1.29, 1.82) is 0 Å². The Morgan fingerprint density at radius 2 is 1.61 bits per heavy atom. The lowest BCUT2D eigenvalue weighted by atomic mass is 10.1. The Morgan fingerprint density at radius 1 is 1.00 bits per heavy atom. The maximum absolute atomic E-state index is 9.83. The second-order valence-electron chi connectivity index (χ2n) is 4.02. The lowest BCUT2D eigenvalue weighted by Gasteiger charge is -2.19. The first-order valence-corrected chi connectivity index (χ1v) is 7.16. The summed E-state index contributed by atoms with van der Waals surface area (Å²) in [5.41, 5.74) is 1.86. The zero-order valence-electron chi connectivity index (χ0n) is 9.82. The van der Waals surface area contributed by atoms with Crippen molar-refractivity contribution in [1.82, 2.24) is 0 Å². The third-order valence-electron chi connectivity index (χ3n) is 2.73. The van der Waals surface area contributed by atoms with E-state index in [-0.39, 0.29) is 6.04 Å². The molecule has 94 valence electrons. The number of hydrogen-bond donors (Lipinski definition) is 2. The molecule has 2 N–H and O–H groups in total. The molecule has 0 saturated heterocycles. The quantitative estimate of drug-likeness (QED) is 0.788. The van der Waals surface area contributed by atoms with Gasteiger partial charge < -0.3 is 10.4 Å². The summed E-state index contributed by atoms with van der Waals surface area (Å²) in [5.74, 6) is 0.306. The highest BCUT2D eigenvalue weighted by Crippen LogP contribution is 2.34. The average Bonchev–Trinajstić information content (AvgIpc) is 2.34. The fourth-order valence-corrected chi connectivity index (χ4v) is 3.01. The van der Waals surface area contributed by atoms with Gasteiger partial charge in [0.05, 0.1) is 11.7 Å². The second kappa shape index (κ2) is 5.76. The summed E-state index contributed by atoms with van der Waals surface area (Å²) in [6.45, 7) is 2.01. The molecule has 0 fully saturated rings. The van der Waals surface area contributed by atoms with Gasteiger partial charge in [-0.2, -0.15) is 0 Å². The molecule has 4 heteroatoms. The van der Waals surface area contributed by atoms with Crippen LogP contribution in [0.25, 0.3) is 0 Å². The highest BCUT2D eigenvalue weighted by molar-refractivity contribution is 9.11. The number of aromatic hydroxyl groups is 1. The summed E-state index contributed by atoms with van der Waals surface area (Å²) in [4.78, 5) is 0. The number of halogens is 2. The number of nitrogens with one attached hydrogen (secondary N) is 1. The molecule has 0 heterocycles. The van der Waals surface area contributed by atoms with Crippen LogP contribution in [0.3, 0.4) is 0 Å². The largest absolute Gasteiger partial charge is 0.508 e. The molecule has 0 aliphatic carbocycles. The third-order valence-corrected chi connectivity index (χ3v) is 4.05. The molecule has 2 nitrogen and oxygen atoms in total. The van der Waals surface area contributed by atoms with E-state index in [1.807, 2.05) is 43.3 Å². The van der Waals surface area contributed by atoms with Crippen molar-refractivity contribution >= 4 is 37.5 Å². The number of benzene rings is 2. The van der Waals surface area contributed by atoms with Crippen LogP contribution in [-0.2, 0) is 0 Å². The number of anilines is 1. The number of phenols is 1. The van der Waals surface area contributed by atoms with Crippen LogP contribution >= 0.6 is 31.9 Å². The minimum Gasteiger partial charge on any atom is -0.508 e. The zero-order valence-corrected chi connectivity index (χ0v) is 13.0. The number of rotatable bonds is 3. The van der Waals surface area contributed by atoms with Crippen molar-refractivity contribution in [3.8, 4) is 5.75 Å². The van der Waals surface area contributed by atoms with Crippen LogP contribution in [-0.4, -0.2) is 5.11 Å². The molecule has 2 aromatic carbocycles. The van der Waals surface area contributed by atoms with E-state index in [1.54, 1.807) is 6.07 Å². The summed E-state index contributed by atoms with van der Waals surface area (Å²) in [6.07, 6.45) is 0. The predicted molar refractivity (Wildman–Crippen MR) is 82.0 cm³/mol. The number of hydrogen-bond acceptors (Lipinski definition) is 2. The minimum absolute atomic E-state index is 0.0150. The Bertz CT molecular complexity index is 537. The normalized spacial score (nSPS) is 12.2. The molecule has 1 atom stereocenters. The van der Waals surface area contributed by atoms with Crippen LogP contribution in [0.15, 0.2) is 51.4 Å². The smallest absolute Gasteiger partial charge is 0.120 e. The zero-order chi connectivity index (χ0) is 13.1. The van der Waals surface area contributed by atoms with E-state index >= 15 is 0 Å². The Labute approximate surface area is 123 Å². The van der Waals surface area contributed by atoms with E-state index in [0.29, 0.717) is 5.75 Å². The van der Waals surface area contributed by atoms with Gasteiger partial charge in [0.1, 0.15) is 5.75 Å². The highest BCUT2D eigenvalue weighted by atomic mass is 79.9. The minimum atomic E-state index is 0.0150. The van der Waals surface area contributed by atoms with E-state index in [9.17, 15) is 5.11 Å². The molecular formula is C14H13Br2NO. The van der Waals surface area contributed by atoms with Crippen molar-refractivity contribution in [2.24, 2.45) is 0 Å². The molecule has 18 heavy (non-hydrogen) atoms. The Balaban J connectivity index is 2.27. The average molecular weight is 371 g/mol. The van der Waals surface area contributed by atoms with Gasteiger partial charge in [-0.15, -0.1) is 0 Å². The van der Waals surface area contributed by atoms with Crippen molar-refractivity contribution in [3.63, 3.8) is 0 Å². The molecule has 0 aromatic heterocycles. The van der Waals surface area contributed by atoms with Crippen molar-refractivity contribution in [2.75, 3.05) is 5.32 Å². The van der Waals surface area contributed by atoms with Gasteiger partial charge in [-0.1, -0.05) is 24.3 Å². The molecule has 2 rings (SSSR count). The van der Waals surface area contributed by atoms with E-state index in [2.05, 4.69) is 37.2 Å². The molecule has 0 radical (unpaired) electrons. The maximum atomic E-state index is 9.83. The molecular weight excluding hydrogens is 358 g/mol. The van der Waals surface area contributed by atoms with Crippen LogP contribution in [0.2, 0.25) is 0 Å². The first-order valence-electron chi connectivity index (χ1n) is 5.58. The summed E-state index contributed by atoms with van der Waals surface area (Å²) in [7, 11) is 0. The summed E-state index contributed by atoms with van der Waals surface area (Å²) >= 11 is 7.02. The second-order valence-corrected chi connectivity index (χ2v) is 5.73. The third kappa shape index (κ3) is 2.87. The van der Waals surface area contributed by atoms with Gasteiger partial charge in [0, 0.05) is 14.5 Å². The van der Waals surface area contributed by atoms with Crippen molar-refractivity contribution in [3.05, 3.63) is 57.0 Å². The number of phenolic OH excluding ortho intramolecular Hbond substituents is 1. The first kappa shape index (κ1) is 13.4. The standard InChI is InChI=1S/C14H13Br2NO/c1-9(10-5-2-3-8-13(10)18)17-14-11(15)6-4-7-12(14)16/h2-9,17-18H,1H3. The van der Waals surface area contributed by atoms with Crippen LogP contribution in [0.4, 0.5) is 5.69 Å². The van der Waals surface area contributed by atoms with Crippen LogP contribution in [0.5, 0.6) is 5.75 Å². The van der Waals surface area contributed by atoms with Gasteiger partial charge in [-0.3, -0.25) is 0 Å². The van der Waals surface area contributed by atoms with E-state index in [1.165, 1.54) is 0 Å². The van der Waals surface area contributed by atoms with Crippen molar-refractivity contribution < 1.29 is 5.11 Å². The van der Waals surface area contributed by atoms with E-state index in [4.69, 9.17) is 0 Å². The summed E-state index contributed by atoms with van der Waals surface area (Å²) in [5, 5.41) is 13.2. The Hall–Kier alpha value is -1.00. The molecule has 2 aromatic rings. The highest BCUT2D eigenvalue weighted by Gasteiger charge is 2.12. The summed E-state index contributed by atoms with van der Waals surface area (Å²) in [6, 6.07) is 13.3. The fourth-order valence-electron chi connectivity index (χ4n) is 1.78. The molecule has 0 amide bonds. The van der Waals surface area contributed by atoms with Gasteiger partial charge in [0.15, 0.2) is 0 Å². The molecule has 0 aliphatic heterocycles. The Morgan fingerprint density at radius 3 is 2.22 bits per heavy atom. The number of para-hydroxylation sites is 2. The molecule has 0 saturated carbocycles. The van der Waals surface area contributed by atoms with E-state index in [0.717, 1.165) is 20.2 Å². The van der Waals surface area contributed by atoms with E-state index < -0.39 is 0 Å². The van der Waals surface area contributed by atoms with Gasteiger partial charge in [0.25, 0.3) is 0 Å². The molecule has 0 bridgehead atoms. The maximum Gasteiger partial charge on any atom is 0.120 e. The van der Waals surface area contributed by atoms with Gasteiger partial charge in [-0.25, -0.2) is 0 Å².